The highest BCUT2D eigenvalue weighted by Gasteiger charge is 2.19. The van der Waals surface area contributed by atoms with Gasteiger partial charge in [0.15, 0.2) is 6.10 Å². The van der Waals surface area contributed by atoms with Crippen molar-refractivity contribution in [3.8, 4) is 0 Å². The molecule has 0 saturated carbocycles. The van der Waals surface area contributed by atoms with Crippen LogP contribution in [0.3, 0.4) is 0 Å². The second-order valence-corrected chi connectivity index (χ2v) is 22.7. The van der Waals surface area contributed by atoms with Crippen LogP contribution in [-0.2, 0) is 28.6 Å². The average molecular weight is 1100 g/mol. The van der Waals surface area contributed by atoms with Crippen LogP contribution < -0.4 is 0 Å². The number of hydrogen-bond donors (Lipinski definition) is 0. The van der Waals surface area contributed by atoms with Gasteiger partial charge < -0.3 is 14.2 Å². The molecule has 0 amide bonds. The van der Waals surface area contributed by atoms with Gasteiger partial charge in [-0.2, -0.15) is 0 Å². The van der Waals surface area contributed by atoms with E-state index >= 15 is 0 Å². The summed E-state index contributed by atoms with van der Waals surface area (Å²) in [6.45, 7) is 6.57. The largest absolute Gasteiger partial charge is 0.462 e. The molecule has 0 aromatic rings. The molecule has 0 aliphatic rings. The van der Waals surface area contributed by atoms with Gasteiger partial charge in [0.2, 0.25) is 0 Å². The minimum absolute atomic E-state index is 0.0706. The van der Waals surface area contributed by atoms with E-state index in [2.05, 4.69) is 106 Å². The molecule has 0 spiro atoms. The van der Waals surface area contributed by atoms with E-state index in [0.29, 0.717) is 19.3 Å². The van der Waals surface area contributed by atoms with Crippen molar-refractivity contribution < 1.29 is 28.6 Å². The number of carbonyl (C=O) groups is 3. The average Bonchev–Trinajstić information content (AvgIpc) is 3.45. The lowest BCUT2D eigenvalue weighted by molar-refractivity contribution is -0.167. The molecule has 0 fully saturated rings. The Morgan fingerprint density at radius 1 is 0.266 bits per heavy atom. The van der Waals surface area contributed by atoms with Gasteiger partial charge in [-0.25, -0.2) is 0 Å². The number of unbranched alkanes of at least 4 members (excludes halogenated alkanes) is 37. The van der Waals surface area contributed by atoms with Crippen molar-refractivity contribution in [1.82, 2.24) is 0 Å². The highest BCUT2D eigenvalue weighted by atomic mass is 16.6. The van der Waals surface area contributed by atoms with E-state index < -0.39 is 6.10 Å². The molecule has 0 saturated heterocycles. The molecule has 0 rings (SSSR count). The first-order valence-electron chi connectivity index (χ1n) is 34.1. The maximum Gasteiger partial charge on any atom is 0.306 e. The summed E-state index contributed by atoms with van der Waals surface area (Å²) in [5.41, 5.74) is 0. The van der Waals surface area contributed by atoms with Crippen LogP contribution >= 0.6 is 0 Å². The SMILES string of the molecule is CC/C=C\C/C=C\C/C=C\C/C=C\C/C=C\C/C=C\C/C=C\CCCCCCCCCCCCCC(=O)OCC(COC(=O)CCCCCCCCCCCCCCC)OC(=O)CCCCCCCCCCCCCCCCC. The second-order valence-electron chi connectivity index (χ2n) is 22.7. The Balaban J connectivity index is 4.19. The molecule has 1 atom stereocenters. The topological polar surface area (TPSA) is 78.9 Å². The fraction of sp³-hybridized carbons (Fsp3) is 0.767. The minimum atomic E-state index is -0.773. The van der Waals surface area contributed by atoms with Crippen molar-refractivity contribution in [1.29, 1.82) is 0 Å². The Morgan fingerprint density at radius 3 is 0.772 bits per heavy atom. The molecule has 456 valence electrons. The van der Waals surface area contributed by atoms with Gasteiger partial charge in [-0.1, -0.05) is 331 Å². The van der Waals surface area contributed by atoms with Gasteiger partial charge in [0.25, 0.3) is 0 Å². The number of hydrogen-bond acceptors (Lipinski definition) is 6. The van der Waals surface area contributed by atoms with Gasteiger partial charge in [0.1, 0.15) is 13.2 Å². The summed E-state index contributed by atoms with van der Waals surface area (Å²) in [6.07, 6.45) is 88.9. The van der Waals surface area contributed by atoms with Gasteiger partial charge in [-0.05, 0) is 77.0 Å². The van der Waals surface area contributed by atoms with Gasteiger partial charge in [0.05, 0.1) is 0 Å². The molecule has 0 heterocycles. The van der Waals surface area contributed by atoms with Crippen LogP contribution in [0.2, 0.25) is 0 Å². The van der Waals surface area contributed by atoms with Crippen molar-refractivity contribution in [3.05, 3.63) is 85.1 Å². The summed E-state index contributed by atoms with van der Waals surface area (Å²) >= 11 is 0. The highest BCUT2D eigenvalue weighted by molar-refractivity contribution is 5.71. The fourth-order valence-corrected chi connectivity index (χ4v) is 9.84. The molecule has 0 aliphatic heterocycles. The summed E-state index contributed by atoms with van der Waals surface area (Å²) in [7, 11) is 0. The Hall–Kier alpha value is -3.41. The van der Waals surface area contributed by atoms with Gasteiger partial charge in [-0.3, -0.25) is 14.4 Å². The summed E-state index contributed by atoms with van der Waals surface area (Å²) in [5.74, 6) is -0.855. The highest BCUT2D eigenvalue weighted by Crippen LogP contribution is 2.17. The zero-order valence-electron chi connectivity index (χ0n) is 52.4. The molecular weight excluding hydrogens is 973 g/mol. The normalized spacial score (nSPS) is 12.6. The fourth-order valence-electron chi connectivity index (χ4n) is 9.84. The maximum absolute atomic E-state index is 12.9. The Kier molecular flexibility index (Phi) is 64.2. The molecule has 0 aromatic carbocycles. The Bertz CT molecular complexity index is 1500. The van der Waals surface area contributed by atoms with E-state index in [-0.39, 0.29) is 31.1 Å². The number of esters is 3. The zero-order valence-corrected chi connectivity index (χ0v) is 52.4. The summed E-state index contributed by atoms with van der Waals surface area (Å²) in [4.78, 5) is 38.3. The number of allylic oxidation sites excluding steroid dienone is 14. The smallest absolute Gasteiger partial charge is 0.306 e. The lowest BCUT2D eigenvalue weighted by atomic mass is 10.0. The van der Waals surface area contributed by atoms with Gasteiger partial charge in [0, 0.05) is 19.3 Å². The Morgan fingerprint density at radius 2 is 0.494 bits per heavy atom. The molecule has 0 N–H and O–H groups in total. The Labute approximate surface area is 490 Å². The van der Waals surface area contributed by atoms with E-state index in [4.69, 9.17) is 14.2 Å². The third-order valence-electron chi connectivity index (χ3n) is 14.9. The lowest BCUT2D eigenvalue weighted by Gasteiger charge is -2.18. The standard InChI is InChI=1S/C73H128O6/c1-4-7-10-13-16-19-22-25-27-28-29-30-31-32-33-34-35-36-37-38-39-40-41-42-43-44-46-48-51-54-57-60-63-66-72(75)78-69-70(68-77-71(74)65-62-59-56-53-50-47-24-21-18-15-12-9-6-3)79-73(76)67-64-61-58-55-52-49-45-26-23-20-17-14-11-8-5-2/h7,10,16,19,25,27,29-30,32-33,35-36,38-39,70H,4-6,8-9,11-15,17-18,20-24,26,28,31,34,37,40-69H2,1-3H3/b10-7-,19-16-,27-25-,30-29-,33-32-,36-35-,39-38-. The molecule has 1 unspecified atom stereocenters. The van der Waals surface area contributed by atoms with E-state index in [1.54, 1.807) is 0 Å². The van der Waals surface area contributed by atoms with Crippen molar-refractivity contribution >= 4 is 17.9 Å². The maximum atomic E-state index is 12.9. The summed E-state index contributed by atoms with van der Waals surface area (Å²) in [6, 6.07) is 0. The zero-order chi connectivity index (χ0) is 57.1. The third-order valence-corrected chi connectivity index (χ3v) is 14.9. The van der Waals surface area contributed by atoms with Gasteiger partial charge >= 0.3 is 17.9 Å². The molecule has 79 heavy (non-hydrogen) atoms. The van der Waals surface area contributed by atoms with Crippen LogP contribution in [0.4, 0.5) is 0 Å². The van der Waals surface area contributed by atoms with E-state index in [1.165, 1.54) is 199 Å². The van der Waals surface area contributed by atoms with Crippen LogP contribution in [0.1, 0.15) is 342 Å². The third kappa shape index (κ3) is 65.3. The van der Waals surface area contributed by atoms with Crippen LogP contribution in [0.15, 0.2) is 85.1 Å². The minimum Gasteiger partial charge on any atom is -0.462 e. The van der Waals surface area contributed by atoms with Crippen molar-refractivity contribution in [2.75, 3.05) is 13.2 Å². The summed E-state index contributed by atoms with van der Waals surface area (Å²) in [5, 5.41) is 0. The molecular formula is C73H128O6. The molecule has 6 nitrogen and oxygen atoms in total. The van der Waals surface area contributed by atoms with Crippen LogP contribution in [0, 0.1) is 0 Å². The van der Waals surface area contributed by atoms with Crippen LogP contribution in [0.25, 0.3) is 0 Å². The first-order valence-corrected chi connectivity index (χ1v) is 34.1. The molecule has 0 aromatic heterocycles. The van der Waals surface area contributed by atoms with E-state index in [1.807, 2.05) is 0 Å². The number of carbonyl (C=O) groups excluding carboxylic acids is 3. The van der Waals surface area contributed by atoms with Crippen molar-refractivity contribution in [2.45, 2.75) is 348 Å². The molecule has 0 bridgehead atoms. The number of rotatable bonds is 62. The van der Waals surface area contributed by atoms with Crippen molar-refractivity contribution in [2.24, 2.45) is 0 Å². The predicted octanol–water partition coefficient (Wildman–Crippen LogP) is 23.4. The number of ether oxygens (including phenoxy) is 3. The first kappa shape index (κ1) is 75.6. The van der Waals surface area contributed by atoms with Crippen LogP contribution in [-0.4, -0.2) is 37.2 Å². The second kappa shape index (κ2) is 67.1. The predicted molar refractivity (Wildman–Crippen MR) is 344 cm³/mol. The molecule has 6 heteroatoms. The molecule has 0 radical (unpaired) electrons. The van der Waals surface area contributed by atoms with Crippen LogP contribution in [0.5, 0.6) is 0 Å². The molecule has 0 aliphatic carbocycles. The van der Waals surface area contributed by atoms with Gasteiger partial charge in [-0.15, -0.1) is 0 Å². The van der Waals surface area contributed by atoms with Crippen molar-refractivity contribution in [3.63, 3.8) is 0 Å². The van der Waals surface area contributed by atoms with E-state index in [0.717, 1.165) is 103 Å². The lowest BCUT2D eigenvalue weighted by Crippen LogP contribution is -2.30. The summed E-state index contributed by atoms with van der Waals surface area (Å²) < 4.78 is 16.9. The van der Waals surface area contributed by atoms with E-state index in [9.17, 15) is 14.4 Å². The first-order chi connectivity index (χ1) is 39.0. The quantitative estimate of drug-likeness (QED) is 0.0261. The monoisotopic (exact) mass is 1100 g/mol.